The van der Waals surface area contributed by atoms with Crippen molar-refractivity contribution in [3.05, 3.63) is 47.8 Å². The number of allylic oxidation sites excluding steroid dienone is 3. The zero-order valence-electron chi connectivity index (χ0n) is 16.0. The normalized spacial score (nSPS) is 21.5. The lowest BCUT2D eigenvalue weighted by Crippen LogP contribution is -2.55. The van der Waals surface area contributed by atoms with Gasteiger partial charge in [-0.1, -0.05) is 6.07 Å². The van der Waals surface area contributed by atoms with E-state index in [-0.39, 0.29) is 5.78 Å². The second kappa shape index (κ2) is 6.35. The molecule has 27 heavy (non-hydrogen) atoms. The summed E-state index contributed by atoms with van der Waals surface area (Å²) in [6.07, 6.45) is 5.13. The van der Waals surface area contributed by atoms with Crippen molar-refractivity contribution in [2.45, 2.75) is 6.92 Å². The van der Waals surface area contributed by atoms with E-state index in [4.69, 9.17) is 15.8 Å². The lowest BCUT2D eigenvalue weighted by atomic mass is 10.0. The zero-order chi connectivity index (χ0) is 19.2. The Morgan fingerprint density at radius 3 is 2.67 bits per heavy atom. The van der Waals surface area contributed by atoms with Gasteiger partial charge in [-0.2, -0.15) is 0 Å². The standard InChI is InChI=1S/C20H24N6O/c1-14-12-16(15(21)13-18(14)27)22-19-17-6-4-5-7-25(17)23-20(19)24-8-10-26(2,3)11-9-24/h4-7,12-13H,8-11H2,1-3H3,(H-,21,27)/p+1. The van der Waals surface area contributed by atoms with Gasteiger partial charge >= 0.3 is 0 Å². The Bertz CT molecular complexity index is 1000. The van der Waals surface area contributed by atoms with E-state index >= 15 is 0 Å². The van der Waals surface area contributed by atoms with Crippen LogP contribution in [0.2, 0.25) is 0 Å². The first-order valence-corrected chi connectivity index (χ1v) is 9.17. The predicted molar refractivity (Wildman–Crippen MR) is 107 cm³/mol. The fourth-order valence-electron chi connectivity index (χ4n) is 3.42. The van der Waals surface area contributed by atoms with E-state index in [0.717, 1.165) is 47.7 Å². The molecule has 0 radical (unpaired) electrons. The minimum absolute atomic E-state index is 0.0671. The number of anilines is 1. The number of nitrogens with zero attached hydrogens (tertiary/aromatic N) is 5. The van der Waals surface area contributed by atoms with Gasteiger partial charge in [-0.25, -0.2) is 9.51 Å². The van der Waals surface area contributed by atoms with Crippen molar-refractivity contribution in [3.63, 3.8) is 0 Å². The third kappa shape index (κ3) is 3.26. The summed E-state index contributed by atoms with van der Waals surface area (Å²) >= 11 is 0. The number of piperazine rings is 1. The third-order valence-electron chi connectivity index (χ3n) is 5.30. The van der Waals surface area contributed by atoms with E-state index in [2.05, 4.69) is 19.0 Å². The molecule has 2 N–H and O–H groups in total. The number of fused-ring (bicyclic) bond motifs is 1. The third-order valence-corrected chi connectivity index (χ3v) is 5.30. The van der Waals surface area contributed by atoms with Gasteiger partial charge < -0.3 is 15.1 Å². The van der Waals surface area contributed by atoms with Crippen molar-refractivity contribution in [2.24, 2.45) is 10.7 Å². The van der Waals surface area contributed by atoms with Crippen LogP contribution in [0, 0.1) is 0 Å². The van der Waals surface area contributed by atoms with Crippen LogP contribution in [0.25, 0.3) is 5.52 Å². The molecule has 1 saturated heterocycles. The van der Waals surface area contributed by atoms with Gasteiger partial charge in [-0.3, -0.25) is 4.79 Å². The molecular formula is C20H25N6O+. The topological polar surface area (TPSA) is 76.0 Å². The maximum Gasteiger partial charge on any atom is 0.183 e. The van der Waals surface area contributed by atoms with Crippen molar-refractivity contribution in [3.8, 4) is 0 Å². The SMILES string of the molecule is CC1=CC(=Nc2c(N3CC[N+](C)(C)CC3)nn3ccccc23)C(N)=CC1=O. The number of likely N-dealkylation sites (N-methyl/N-ethyl adjacent to an activating group) is 1. The summed E-state index contributed by atoms with van der Waals surface area (Å²) in [5.74, 6) is 0.798. The molecule has 3 heterocycles. The maximum absolute atomic E-state index is 11.8. The lowest BCUT2D eigenvalue weighted by molar-refractivity contribution is -0.890. The quantitative estimate of drug-likeness (QED) is 0.649. The Kier molecular flexibility index (Phi) is 4.11. The Labute approximate surface area is 158 Å². The van der Waals surface area contributed by atoms with Gasteiger partial charge in [0, 0.05) is 12.3 Å². The summed E-state index contributed by atoms with van der Waals surface area (Å²) in [6.45, 7) is 5.74. The molecule has 1 aliphatic heterocycles. The minimum atomic E-state index is -0.0671. The molecule has 2 aromatic rings. The van der Waals surface area contributed by atoms with Gasteiger partial charge in [0.2, 0.25) is 0 Å². The summed E-state index contributed by atoms with van der Waals surface area (Å²) in [5, 5.41) is 4.79. The molecule has 2 aliphatic rings. The van der Waals surface area contributed by atoms with Gasteiger partial charge in [0.25, 0.3) is 0 Å². The highest BCUT2D eigenvalue weighted by molar-refractivity contribution is 6.22. The van der Waals surface area contributed by atoms with Crippen molar-refractivity contribution in [1.82, 2.24) is 9.61 Å². The van der Waals surface area contributed by atoms with Crippen LogP contribution in [0.15, 0.2) is 52.8 Å². The van der Waals surface area contributed by atoms with Crippen LogP contribution in [0.5, 0.6) is 0 Å². The number of nitrogens with two attached hydrogens (primary N) is 1. The average molecular weight is 365 g/mol. The summed E-state index contributed by atoms with van der Waals surface area (Å²) in [6, 6.07) is 5.93. The number of rotatable bonds is 2. The molecule has 7 nitrogen and oxygen atoms in total. The highest BCUT2D eigenvalue weighted by Gasteiger charge is 2.28. The molecule has 0 aromatic carbocycles. The van der Waals surface area contributed by atoms with Gasteiger partial charge in [0.05, 0.1) is 57.2 Å². The fourth-order valence-corrected chi connectivity index (χ4v) is 3.42. The highest BCUT2D eigenvalue weighted by Crippen LogP contribution is 2.34. The molecule has 2 aromatic heterocycles. The molecule has 0 atom stereocenters. The molecule has 0 spiro atoms. The Hall–Kier alpha value is -2.93. The number of pyridine rings is 1. The number of aromatic nitrogens is 2. The van der Waals surface area contributed by atoms with Crippen molar-refractivity contribution < 1.29 is 9.28 Å². The Balaban J connectivity index is 1.81. The Morgan fingerprint density at radius 1 is 1.19 bits per heavy atom. The smallest absolute Gasteiger partial charge is 0.183 e. The van der Waals surface area contributed by atoms with Crippen LogP contribution in [0.4, 0.5) is 11.5 Å². The number of carbonyl (C=O) groups excluding carboxylic acids is 1. The summed E-state index contributed by atoms with van der Waals surface area (Å²) < 4.78 is 2.86. The summed E-state index contributed by atoms with van der Waals surface area (Å²) in [7, 11) is 4.50. The van der Waals surface area contributed by atoms with E-state index < -0.39 is 0 Å². The van der Waals surface area contributed by atoms with Crippen molar-refractivity contribution >= 4 is 28.5 Å². The van der Waals surface area contributed by atoms with Crippen LogP contribution in [-0.2, 0) is 4.79 Å². The van der Waals surface area contributed by atoms with E-state index in [9.17, 15) is 4.79 Å². The number of hydrogen-bond donors (Lipinski definition) is 1. The molecule has 140 valence electrons. The molecule has 1 fully saturated rings. The average Bonchev–Trinajstić information content (AvgIpc) is 2.98. The Morgan fingerprint density at radius 2 is 1.93 bits per heavy atom. The monoisotopic (exact) mass is 365 g/mol. The number of aliphatic imine (C=N–C) groups is 1. The van der Waals surface area contributed by atoms with E-state index in [1.165, 1.54) is 6.08 Å². The van der Waals surface area contributed by atoms with Crippen LogP contribution in [0.3, 0.4) is 0 Å². The van der Waals surface area contributed by atoms with E-state index in [1.54, 1.807) is 13.0 Å². The van der Waals surface area contributed by atoms with Crippen molar-refractivity contribution in [2.75, 3.05) is 45.2 Å². The van der Waals surface area contributed by atoms with Gasteiger partial charge in [0.1, 0.15) is 5.69 Å². The highest BCUT2D eigenvalue weighted by atomic mass is 16.1. The van der Waals surface area contributed by atoms with E-state index in [1.807, 2.05) is 28.9 Å². The van der Waals surface area contributed by atoms with Gasteiger partial charge in [-0.15, -0.1) is 5.10 Å². The largest absolute Gasteiger partial charge is 0.397 e. The molecule has 0 amide bonds. The van der Waals surface area contributed by atoms with Gasteiger partial charge in [-0.05, 0) is 30.7 Å². The second-order valence-corrected chi connectivity index (χ2v) is 7.86. The minimum Gasteiger partial charge on any atom is -0.397 e. The maximum atomic E-state index is 11.8. The van der Waals surface area contributed by atoms with Gasteiger partial charge in [0.15, 0.2) is 11.6 Å². The second-order valence-electron chi connectivity index (χ2n) is 7.86. The first-order chi connectivity index (χ1) is 12.8. The molecule has 0 saturated carbocycles. The molecule has 1 aliphatic carbocycles. The lowest BCUT2D eigenvalue weighted by Gasteiger charge is -2.39. The summed E-state index contributed by atoms with van der Waals surface area (Å²) in [4.78, 5) is 19.0. The van der Waals surface area contributed by atoms with Crippen molar-refractivity contribution in [1.29, 1.82) is 0 Å². The first kappa shape index (κ1) is 17.5. The molecule has 0 bridgehead atoms. The van der Waals surface area contributed by atoms with Crippen LogP contribution in [-0.4, -0.2) is 65.9 Å². The zero-order valence-corrected chi connectivity index (χ0v) is 16.0. The molecule has 7 heteroatoms. The number of hydrogen-bond acceptors (Lipinski definition) is 5. The number of ketones is 1. The van der Waals surface area contributed by atoms with Crippen LogP contribution < -0.4 is 10.6 Å². The summed E-state index contributed by atoms with van der Waals surface area (Å²) in [5.41, 5.74) is 9.44. The predicted octanol–water partition coefficient (Wildman–Crippen LogP) is 1.67. The number of quaternary nitrogens is 1. The van der Waals surface area contributed by atoms with Crippen LogP contribution in [0.1, 0.15) is 6.92 Å². The first-order valence-electron chi connectivity index (χ1n) is 9.17. The molecule has 4 rings (SSSR count). The van der Waals surface area contributed by atoms with E-state index in [0.29, 0.717) is 17.0 Å². The molecule has 0 unspecified atom stereocenters. The van der Waals surface area contributed by atoms with Crippen LogP contribution >= 0.6 is 0 Å². The molecular weight excluding hydrogens is 340 g/mol. The number of carbonyl (C=O) groups is 1. The fraction of sp³-hybridized carbons (Fsp3) is 0.350.